The third-order valence-electron chi connectivity index (χ3n) is 3.04. The quantitative estimate of drug-likeness (QED) is 0.777. The van der Waals surface area contributed by atoms with Crippen molar-refractivity contribution in [1.29, 1.82) is 0 Å². The minimum Gasteiger partial charge on any atom is -0.496 e. The smallest absolute Gasteiger partial charge is 0.141 e. The Morgan fingerprint density at radius 2 is 1.69 bits per heavy atom. The summed E-state index contributed by atoms with van der Waals surface area (Å²) in [6, 6.07) is 1.91. The van der Waals surface area contributed by atoms with E-state index in [2.05, 4.69) is 0 Å². The van der Waals surface area contributed by atoms with Crippen LogP contribution in [-0.2, 0) is 0 Å². The number of benzene rings is 1. The van der Waals surface area contributed by atoms with E-state index in [0.29, 0.717) is 0 Å². The maximum Gasteiger partial charge on any atom is 0.141 e. The number of methoxy groups -OCH3 is 2. The maximum atomic E-state index is 5.68. The zero-order chi connectivity index (χ0) is 11.9. The molecule has 0 saturated heterocycles. The molecule has 1 heterocycles. The topological polar surface area (TPSA) is 31.6 Å². The zero-order valence-electron chi connectivity index (χ0n) is 10.3. The Hall–Kier alpha value is -1.64. The van der Waals surface area contributed by atoms with E-state index in [-0.39, 0.29) is 0 Å². The predicted octanol–water partition coefficient (Wildman–Crippen LogP) is 3.38. The lowest BCUT2D eigenvalue weighted by atomic mass is 10.1. The Labute approximate surface area is 95.0 Å². The summed E-state index contributed by atoms with van der Waals surface area (Å²) in [4.78, 5) is 0. The molecule has 0 amide bonds. The highest BCUT2D eigenvalue weighted by molar-refractivity contribution is 5.91. The molecule has 1 aromatic heterocycles. The van der Waals surface area contributed by atoms with E-state index in [4.69, 9.17) is 13.9 Å². The average Bonchev–Trinajstić information content (AvgIpc) is 2.55. The van der Waals surface area contributed by atoms with Crippen LogP contribution >= 0.6 is 0 Å². The molecular formula is C13H16O3. The monoisotopic (exact) mass is 220 g/mol. The van der Waals surface area contributed by atoms with E-state index in [1.165, 1.54) is 0 Å². The molecule has 16 heavy (non-hydrogen) atoms. The molecule has 1 aromatic carbocycles. The lowest BCUT2D eigenvalue weighted by molar-refractivity contribution is 0.391. The molecule has 2 rings (SSSR count). The first-order valence-electron chi connectivity index (χ1n) is 5.21. The highest BCUT2D eigenvalue weighted by Crippen LogP contribution is 2.40. The van der Waals surface area contributed by atoms with Gasteiger partial charge in [0.25, 0.3) is 0 Å². The van der Waals surface area contributed by atoms with Gasteiger partial charge in [-0.25, -0.2) is 0 Å². The van der Waals surface area contributed by atoms with Crippen molar-refractivity contribution in [2.75, 3.05) is 14.2 Å². The summed E-state index contributed by atoms with van der Waals surface area (Å²) >= 11 is 0. The molecule has 0 atom stereocenters. The first-order valence-corrected chi connectivity index (χ1v) is 5.21. The Morgan fingerprint density at radius 3 is 2.25 bits per heavy atom. The van der Waals surface area contributed by atoms with Crippen molar-refractivity contribution in [3.63, 3.8) is 0 Å². The average molecular weight is 220 g/mol. The van der Waals surface area contributed by atoms with E-state index in [1.807, 2.05) is 26.8 Å². The zero-order valence-corrected chi connectivity index (χ0v) is 10.3. The van der Waals surface area contributed by atoms with Gasteiger partial charge in [0, 0.05) is 17.2 Å². The van der Waals surface area contributed by atoms with Crippen LogP contribution in [0.5, 0.6) is 11.5 Å². The summed E-state index contributed by atoms with van der Waals surface area (Å²) in [5.74, 6) is 2.54. The molecule has 0 bridgehead atoms. The van der Waals surface area contributed by atoms with E-state index >= 15 is 0 Å². The fourth-order valence-corrected chi connectivity index (χ4v) is 2.03. The van der Waals surface area contributed by atoms with Crippen molar-refractivity contribution < 1.29 is 13.9 Å². The van der Waals surface area contributed by atoms with Crippen LogP contribution in [0.2, 0.25) is 0 Å². The van der Waals surface area contributed by atoms with Gasteiger partial charge in [0.15, 0.2) is 0 Å². The number of fused-ring (bicyclic) bond motifs is 1. The highest BCUT2D eigenvalue weighted by Gasteiger charge is 2.17. The summed E-state index contributed by atoms with van der Waals surface area (Å²) in [5, 5.41) is 1.04. The van der Waals surface area contributed by atoms with Gasteiger partial charge in [0.1, 0.15) is 22.8 Å². The van der Waals surface area contributed by atoms with Gasteiger partial charge in [-0.05, 0) is 20.8 Å². The van der Waals surface area contributed by atoms with Gasteiger partial charge in [-0.1, -0.05) is 0 Å². The van der Waals surface area contributed by atoms with Crippen LogP contribution in [0.25, 0.3) is 11.0 Å². The minimum atomic E-state index is 0.790. The number of furan rings is 1. The van der Waals surface area contributed by atoms with Gasteiger partial charge in [0.05, 0.1) is 19.6 Å². The Balaban J connectivity index is 2.90. The second-order valence-corrected chi connectivity index (χ2v) is 3.89. The SMILES string of the molecule is COc1cc2oc(C)c(C)c2c(OC)c1C. The molecule has 3 nitrogen and oxygen atoms in total. The molecule has 0 unspecified atom stereocenters. The van der Waals surface area contributed by atoms with E-state index < -0.39 is 0 Å². The van der Waals surface area contributed by atoms with Gasteiger partial charge in [0.2, 0.25) is 0 Å². The van der Waals surface area contributed by atoms with Crippen molar-refractivity contribution in [2.45, 2.75) is 20.8 Å². The van der Waals surface area contributed by atoms with Crippen LogP contribution in [-0.4, -0.2) is 14.2 Å². The first kappa shape index (κ1) is 10.9. The van der Waals surface area contributed by atoms with E-state index in [9.17, 15) is 0 Å². The fourth-order valence-electron chi connectivity index (χ4n) is 2.03. The van der Waals surface area contributed by atoms with Crippen molar-refractivity contribution in [2.24, 2.45) is 0 Å². The number of ether oxygens (including phenoxy) is 2. The second-order valence-electron chi connectivity index (χ2n) is 3.89. The van der Waals surface area contributed by atoms with Crippen molar-refractivity contribution in [1.82, 2.24) is 0 Å². The van der Waals surface area contributed by atoms with Crippen LogP contribution < -0.4 is 9.47 Å². The van der Waals surface area contributed by atoms with Crippen LogP contribution in [0, 0.1) is 20.8 Å². The molecule has 86 valence electrons. The number of aryl methyl sites for hydroxylation is 2. The Kier molecular flexibility index (Phi) is 2.54. The number of hydrogen-bond acceptors (Lipinski definition) is 3. The van der Waals surface area contributed by atoms with Gasteiger partial charge >= 0.3 is 0 Å². The molecular weight excluding hydrogens is 204 g/mol. The largest absolute Gasteiger partial charge is 0.496 e. The van der Waals surface area contributed by atoms with Gasteiger partial charge in [-0.3, -0.25) is 0 Å². The lowest BCUT2D eigenvalue weighted by Crippen LogP contribution is -1.93. The Bertz CT molecular complexity index is 538. The molecule has 0 spiro atoms. The van der Waals surface area contributed by atoms with Crippen molar-refractivity contribution in [3.8, 4) is 11.5 Å². The van der Waals surface area contributed by atoms with E-state index in [1.54, 1.807) is 14.2 Å². The molecule has 2 aromatic rings. The molecule has 0 aliphatic rings. The van der Waals surface area contributed by atoms with E-state index in [0.717, 1.165) is 39.4 Å². The lowest BCUT2D eigenvalue weighted by Gasteiger charge is -2.10. The molecule has 0 N–H and O–H groups in total. The number of hydrogen-bond donors (Lipinski definition) is 0. The third-order valence-corrected chi connectivity index (χ3v) is 3.04. The molecule has 0 saturated carbocycles. The van der Waals surface area contributed by atoms with Gasteiger partial charge in [-0.2, -0.15) is 0 Å². The predicted molar refractivity (Wildman–Crippen MR) is 63.5 cm³/mol. The molecule has 0 aliphatic heterocycles. The molecule has 3 heteroatoms. The maximum absolute atomic E-state index is 5.68. The minimum absolute atomic E-state index is 0.790. The van der Waals surface area contributed by atoms with Crippen LogP contribution in [0.1, 0.15) is 16.9 Å². The summed E-state index contributed by atoms with van der Waals surface area (Å²) in [7, 11) is 3.32. The van der Waals surface area contributed by atoms with Crippen LogP contribution in [0.15, 0.2) is 10.5 Å². The fraction of sp³-hybridized carbons (Fsp3) is 0.385. The van der Waals surface area contributed by atoms with Crippen molar-refractivity contribution >= 4 is 11.0 Å². The summed E-state index contributed by atoms with van der Waals surface area (Å²) in [5.41, 5.74) is 2.94. The van der Waals surface area contributed by atoms with Crippen LogP contribution in [0.3, 0.4) is 0 Å². The van der Waals surface area contributed by atoms with Crippen molar-refractivity contribution in [3.05, 3.63) is 23.0 Å². The molecule has 0 fully saturated rings. The number of rotatable bonds is 2. The summed E-state index contributed by atoms with van der Waals surface area (Å²) in [6.45, 7) is 5.98. The molecule has 0 aliphatic carbocycles. The van der Waals surface area contributed by atoms with Gasteiger partial charge < -0.3 is 13.9 Å². The third kappa shape index (κ3) is 1.35. The normalized spacial score (nSPS) is 10.8. The second kappa shape index (κ2) is 3.74. The highest BCUT2D eigenvalue weighted by atomic mass is 16.5. The molecule has 0 radical (unpaired) electrons. The van der Waals surface area contributed by atoms with Crippen LogP contribution in [0.4, 0.5) is 0 Å². The standard InChI is InChI=1S/C13H16O3/c1-7-9(3)16-11-6-10(14-4)8(2)13(15-5)12(7)11/h6H,1-5H3. The summed E-state index contributed by atoms with van der Waals surface area (Å²) in [6.07, 6.45) is 0. The Morgan fingerprint density at radius 1 is 1.00 bits per heavy atom. The van der Waals surface area contributed by atoms with Gasteiger partial charge in [-0.15, -0.1) is 0 Å². The summed E-state index contributed by atoms with van der Waals surface area (Å²) < 4.78 is 16.4. The first-order chi connectivity index (χ1) is 7.60.